The number of aromatic hydroxyl groups is 1. The molecule has 3 nitrogen and oxygen atoms in total. The minimum atomic E-state index is 0.326. The fraction of sp³-hybridized carbons (Fsp3) is 0.429. The maximum atomic E-state index is 9.41. The molecule has 2 aromatic rings. The summed E-state index contributed by atoms with van der Waals surface area (Å²) in [4.78, 5) is 3.37. The highest BCUT2D eigenvalue weighted by Gasteiger charge is 2.14. The van der Waals surface area contributed by atoms with Crippen molar-refractivity contribution in [2.75, 3.05) is 0 Å². The third-order valence-corrected chi connectivity index (χ3v) is 3.60. The van der Waals surface area contributed by atoms with Crippen LogP contribution >= 0.6 is 0 Å². The predicted molar refractivity (Wildman–Crippen MR) is 69.1 cm³/mol. The van der Waals surface area contributed by atoms with Gasteiger partial charge in [-0.05, 0) is 37.1 Å². The summed E-state index contributed by atoms with van der Waals surface area (Å²) in [6, 6.07) is 8.23. The van der Waals surface area contributed by atoms with E-state index < -0.39 is 0 Å². The van der Waals surface area contributed by atoms with Crippen LogP contribution in [0, 0.1) is 0 Å². The number of nitrogens with one attached hydrogen (secondary N) is 2. The molecule has 90 valence electrons. The third-order valence-electron chi connectivity index (χ3n) is 3.60. The van der Waals surface area contributed by atoms with E-state index in [9.17, 15) is 5.11 Å². The van der Waals surface area contributed by atoms with Gasteiger partial charge in [0.05, 0.1) is 0 Å². The SMILES string of the molecule is Oc1ccc2[nH]c(CNC3CCCC3)cc2c1. The number of phenols is 1. The lowest BCUT2D eigenvalue weighted by Gasteiger charge is -2.10. The molecular formula is C14H18N2O. The molecule has 0 spiro atoms. The summed E-state index contributed by atoms with van der Waals surface area (Å²) in [5.41, 5.74) is 2.28. The van der Waals surface area contributed by atoms with Gasteiger partial charge in [0.15, 0.2) is 0 Å². The maximum Gasteiger partial charge on any atom is 0.116 e. The molecule has 1 heterocycles. The third kappa shape index (κ3) is 2.29. The van der Waals surface area contributed by atoms with Crippen LogP contribution in [0.4, 0.5) is 0 Å². The molecule has 1 aliphatic carbocycles. The average Bonchev–Trinajstić information content (AvgIpc) is 2.94. The highest BCUT2D eigenvalue weighted by molar-refractivity contribution is 5.81. The quantitative estimate of drug-likeness (QED) is 0.759. The molecule has 0 unspecified atom stereocenters. The molecule has 1 aliphatic rings. The van der Waals surface area contributed by atoms with Gasteiger partial charge >= 0.3 is 0 Å². The second-order valence-corrected chi connectivity index (χ2v) is 4.93. The van der Waals surface area contributed by atoms with Crippen molar-refractivity contribution in [2.24, 2.45) is 0 Å². The van der Waals surface area contributed by atoms with E-state index in [0.29, 0.717) is 11.8 Å². The zero-order valence-corrected chi connectivity index (χ0v) is 9.87. The molecule has 0 bridgehead atoms. The first-order chi connectivity index (χ1) is 8.31. The maximum absolute atomic E-state index is 9.41. The van der Waals surface area contributed by atoms with Gasteiger partial charge in [-0.2, -0.15) is 0 Å². The Balaban J connectivity index is 1.72. The Morgan fingerprint density at radius 1 is 1.24 bits per heavy atom. The van der Waals surface area contributed by atoms with Gasteiger partial charge in [0.1, 0.15) is 5.75 Å². The summed E-state index contributed by atoms with van der Waals surface area (Å²) in [6.45, 7) is 0.889. The smallest absolute Gasteiger partial charge is 0.116 e. The zero-order chi connectivity index (χ0) is 11.7. The number of fused-ring (bicyclic) bond motifs is 1. The van der Waals surface area contributed by atoms with E-state index in [1.165, 1.54) is 31.4 Å². The van der Waals surface area contributed by atoms with Gasteiger partial charge in [-0.3, -0.25) is 0 Å². The Kier molecular flexibility index (Phi) is 2.77. The summed E-state index contributed by atoms with van der Waals surface area (Å²) in [7, 11) is 0. The summed E-state index contributed by atoms with van der Waals surface area (Å²) < 4.78 is 0. The van der Waals surface area contributed by atoms with Gasteiger partial charge in [-0.25, -0.2) is 0 Å². The van der Waals surface area contributed by atoms with Crippen LogP contribution in [0.1, 0.15) is 31.4 Å². The van der Waals surface area contributed by atoms with E-state index in [4.69, 9.17) is 0 Å². The average molecular weight is 230 g/mol. The predicted octanol–water partition coefficient (Wildman–Crippen LogP) is 2.91. The Morgan fingerprint density at radius 3 is 2.88 bits per heavy atom. The van der Waals surface area contributed by atoms with Gasteiger partial charge in [0.2, 0.25) is 0 Å². The fourth-order valence-electron chi connectivity index (χ4n) is 2.66. The molecule has 1 saturated carbocycles. The lowest BCUT2D eigenvalue weighted by Crippen LogP contribution is -2.25. The van der Waals surface area contributed by atoms with Crippen molar-refractivity contribution >= 4 is 10.9 Å². The van der Waals surface area contributed by atoms with Gasteiger partial charge in [0, 0.05) is 29.2 Å². The summed E-state index contributed by atoms with van der Waals surface area (Å²) >= 11 is 0. The van der Waals surface area contributed by atoms with Crippen LogP contribution in [0.15, 0.2) is 24.3 Å². The van der Waals surface area contributed by atoms with Gasteiger partial charge in [-0.1, -0.05) is 12.8 Å². The van der Waals surface area contributed by atoms with Crippen LogP contribution in [0.2, 0.25) is 0 Å². The minimum Gasteiger partial charge on any atom is -0.508 e. The van der Waals surface area contributed by atoms with E-state index in [1.807, 2.05) is 6.07 Å². The van der Waals surface area contributed by atoms with E-state index in [1.54, 1.807) is 12.1 Å². The molecule has 3 rings (SSSR count). The topological polar surface area (TPSA) is 48.0 Å². The van der Waals surface area contributed by atoms with Crippen LogP contribution < -0.4 is 5.32 Å². The Morgan fingerprint density at radius 2 is 2.06 bits per heavy atom. The molecule has 3 N–H and O–H groups in total. The molecule has 1 fully saturated rings. The number of benzene rings is 1. The molecule has 0 radical (unpaired) electrons. The second-order valence-electron chi connectivity index (χ2n) is 4.93. The lowest BCUT2D eigenvalue weighted by molar-refractivity contribution is 0.476. The Bertz CT molecular complexity index is 512. The number of rotatable bonds is 3. The highest BCUT2D eigenvalue weighted by Crippen LogP contribution is 2.21. The molecule has 3 heteroatoms. The molecule has 0 amide bonds. The van der Waals surface area contributed by atoms with Crippen molar-refractivity contribution in [3.05, 3.63) is 30.0 Å². The summed E-state index contributed by atoms with van der Waals surface area (Å²) in [5, 5.41) is 14.1. The monoisotopic (exact) mass is 230 g/mol. The largest absolute Gasteiger partial charge is 0.508 e. The van der Waals surface area contributed by atoms with Crippen LogP contribution in [-0.4, -0.2) is 16.1 Å². The van der Waals surface area contributed by atoms with Crippen molar-refractivity contribution in [2.45, 2.75) is 38.3 Å². The number of hydrogen-bond donors (Lipinski definition) is 3. The number of phenolic OH excluding ortho intramolecular Hbond substituents is 1. The van der Waals surface area contributed by atoms with E-state index in [2.05, 4.69) is 16.4 Å². The molecule has 17 heavy (non-hydrogen) atoms. The highest BCUT2D eigenvalue weighted by atomic mass is 16.3. The molecule has 0 saturated heterocycles. The first kappa shape index (κ1) is 10.7. The lowest BCUT2D eigenvalue weighted by atomic mass is 10.2. The molecule has 1 aromatic carbocycles. The van der Waals surface area contributed by atoms with Crippen molar-refractivity contribution < 1.29 is 5.11 Å². The van der Waals surface area contributed by atoms with Crippen LogP contribution in [0.5, 0.6) is 5.75 Å². The van der Waals surface area contributed by atoms with E-state index >= 15 is 0 Å². The van der Waals surface area contributed by atoms with Crippen LogP contribution in [0.25, 0.3) is 10.9 Å². The minimum absolute atomic E-state index is 0.326. The number of hydrogen-bond acceptors (Lipinski definition) is 2. The zero-order valence-electron chi connectivity index (χ0n) is 9.87. The van der Waals surface area contributed by atoms with Gasteiger partial charge < -0.3 is 15.4 Å². The van der Waals surface area contributed by atoms with Crippen molar-refractivity contribution in [3.8, 4) is 5.75 Å². The Hall–Kier alpha value is -1.48. The number of aromatic amines is 1. The molecule has 0 aliphatic heterocycles. The fourth-order valence-corrected chi connectivity index (χ4v) is 2.66. The standard InChI is InChI=1S/C14H18N2O/c17-13-5-6-14-10(8-13)7-12(16-14)9-15-11-3-1-2-4-11/h5-8,11,15-17H,1-4,9H2. The van der Waals surface area contributed by atoms with E-state index in [-0.39, 0.29) is 0 Å². The second kappa shape index (κ2) is 4.41. The normalized spacial score (nSPS) is 16.9. The Labute approximate surface area is 101 Å². The van der Waals surface area contributed by atoms with E-state index in [0.717, 1.165) is 17.4 Å². The summed E-state index contributed by atoms with van der Waals surface area (Å²) in [6.07, 6.45) is 5.33. The molecule has 0 atom stereocenters. The number of H-pyrrole nitrogens is 1. The first-order valence-electron chi connectivity index (χ1n) is 6.35. The van der Waals surface area contributed by atoms with Gasteiger partial charge in [0.25, 0.3) is 0 Å². The van der Waals surface area contributed by atoms with Crippen molar-refractivity contribution in [3.63, 3.8) is 0 Å². The van der Waals surface area contributed by atoms with Crippen LogP contribution in [0.3, 0.4) is 0 Å². The van der Waals surface area contributed by atoms with Crippen molar-refractivity contribution in [1.29, 1.82) is 0 Å². The van der Waals surface area contributed by atoms with Crippen molar-refractivity contribution in [1.82, 2.24) is 10.3 Å². The van der Waals surface area contributed by atoms with Crippen LogP contribution in [-0.2, 0) is 6.54 Å². The molecular weight excluding hydrogens is 212 g/mol. The first-order valence-corrected chi connectivity index (χ1v) is 6.35. The van der Waals surface area contributed by atoms with Gasteiger partial charge in [-0.15, -0.1) is 0 Å². The molecule has 1 aromatic heterocycles. The number of aromatic nitrogens is 1. The summed E-state index contributed by atoms with van der Waals surface area (Å²) in [5.74, 6) is 0.326.